The maximum Gasteiger partial charge on any atom is 0.151 e. The summed E-state index contributed by atoms with van der Waals surface area (Å²) in [5.74, 6) is 0. The molecule has 0 spiro atoms. The van der Waals surface area contributed by atoms with Crippen LogP contribution in [0.3, 0.4) is 0 Å². The fourth-order valence-corrected chi connectivity index (χ4v) is 1.52. The fourth-order valence-electron chi connectivity index (χ4n) is 1.42. The topological polar surface area (TPSA) is 43.6 Å². The Bertz CT molecular complexity index is 461. The molecule has 2 aromatic rings. The standard InChI is InChI=1S/C10H11ClN4/c1-7-5-8(2)15(14-7)6-9-3-4-10(11)13-12-9/h3-5H,6H2,1-2H3. The van der Waals surface area contributed by atoms with Crippen LogP contribution in [-0.4, -0.2) is 20.0 Å². The van der Waals surface area contributed by atoms with Gasteiger partial charge in [0, 0.05) is 5.69 Å². The first-order valence-electron chi connectivity index (χ1n) is 4.64. The Morgan fingerprint density at radius 2 is 2.07 bits per heavy atom. The smallest absolute Gasteiger partial charge is 0.151 e. The molecule has 0 amide bonds. The van der Waals surface area contributed by atoms with E-state index in [9.17, 15) is 0 Å². The van der Waals surface area contributed by atoms with Gasteiger partial charge in [0.25, 0.3) is 0 Å². The third-order valence-corrected chi connectivity index (χ3v) is 2.30. The second kappa shape index (κ2) is 3.98. The average Bonchev–Trinajstić information content (AvgIpc) is 2.49. The second-order valence-electron chi connectivity index (χ2n) is 3.43. The van der Waals surface area contributed by atoms with Crippen molar-refractivity contribution in [1.82, 2.24) is 20.0 Å². The van der Waals surface area contributed by atoms with Crippen LogP contribution in [0.15, 0.2) is 18.2 Å². The summed E-state index contributed by atoms with van der Waals surface area (Å²) in [6.07, 6.45) is 0. The molecule has 0 atom stereocenters. The average molecular weight is 223 g/mol. The molecule has 2 heterocycles. The SMILES string of the molecule is Cc1cc(C)n(Cc2ccc(Cl)nn2)n1. The van der Waals surface area contributed by atoms with Gasteiger partial charge < -0.3 is 0 Å². The third-order valence-electron chi connectivity index (χ3n) is 2.10. The van der Waals surface area contributed by atoms with Gasteiger partial charge in [0.15, 0.2) is 5.15 Å². The van der Waals surface area contributed by atoms with Crippen molar-refractivity contribution in [3.8, 4) is 0 Å². The van der Waals surface area contributed by atoms with Crippen LogP contribution in [0.5, 0.6) is 0 Å². The van der Waals surface area contributed by atoms with E-state index < -0.39 is 0 Å². The second-order valence-corrected chi connectivity index (χ2v) is 3.82. The van der Waals surface area contributed by atoms with Gasteiger partial charge in [0.1, 0.15) is 0 Å². The summed E-state index contributed by atoms with van der Waals surface area (Å²) in [4.78, 5) is 0. The molecule has 0 bridgehead atoms. The van der Waals surface area contributed by atoms with E-state index in [1.54, 1.807) is 6.07 Å². The minimum absolute atomic E-state index is 0.409. The zero-order valence-electron chi connectivity index (χ0n) is 8.61. The lowest BCUT2D eigenvalue weighted by Gasteiger charge is -2.02. The molecule has 0 saturated heterocycles. The molecule has 78 valence electrons. The van der Waals surface area contributed by atoms with E-state index in [2.05, 4.69) is 15.3 Å². The zero-order valence-corrected chi connectivity index (χ0v) is 9.36. The molecule has 0 aromatic carbocycles. The van der Waals surface area contributed by atoms with Crippen LogP contribution in [0.1, 0.15) is 17.1 Å². The highest BCUT2D eigenvalue weighted by atomic mass is 35.5. The monoisotopic (exact) mass is 222 g/mol. The van der Waals surface area contributed by atoms with Gasteiger partial charge in [-0.25, -0.2) is 0 Å². The fraction of sp³-hybridized carbons (Fsp3) is 0.300. The van der Waals surface area contributed by atoms with Gasteiger partial charge >= 0.3 is 0 Å². The van der Waals surface area contributed by atoms with E-state index in [4.69, 9.17) is 11.6 Å². The van der Waals surface area contributed by atoms with Gasteiger partial charge in [0.05, 0.1) is 17.9 Å². The number of rotatable bonds is 2. The van der Waals surface area contributed by atoms with Crippen molar-refractivity contribution in [3.05, 3.63) is 40.4 Å². The molecule has 0 fully saturated rings. The minimum Gasteiger partial charge on any atom is -0.264 e. The molecule has 15 heavy (non-hydrogen) atoms. The zero-order chi connectivity index (χ0) is 10.8. The maximum atomic E-state index is 5.65. The quantitative estimate of drug-likeness (QED) is 0.781. The Kier molecular flexibility index (Phi) is 2.68. The summed E-state index contributed by atoms with van der Waals surface area (Å²) < 4.78 is 1.90. The van der Waals surface area contributed by atoms with E-state index >= 15 is 0 Å². The first-order valence-corrected chi connectivity index (χ1v) is 5.02. The van der Waals surface area contributed by atoms with Crippen LogP contribution < -0.4 is 0 Å². The summed E-state index contributed by atoms with van der Waals surface area (Å²) in [6.45, 7) is 4.62. The van der Waals surface area contributed by atoms with Crippen molar-refractivity contribution < 1.29 is 0 Å². The van der Waals surface area contributed by atoms with Crippen molar-refractivity contribution in [2.24, 2.45) is 0 Å². The number of hydrogen-bond acceptors (Lipinski definition) is 3. The Morgan fingerprint density at radius 1 is 1.27 bits per heavy atom. The number of aryl methyl sites for hydroxylation is 2. The van der Waals surface area contributed by atoms with Gasteiger partial charge in [0.2, 0.25) is 0 Å². The van der Waals surface area contributed by atoms with Crippen LogP contribution in [0.4, 0.5) is 0 Å². The van der Waals surface area contributed by atoms with E-state index in [0.717, 1.165) is 17.1 Å². The molecule has 0 aliphatic rings. The van der Waals surface area contributed by atoms with E-state index in [-0.39, 0.29) is 0 Å². The van der Waals surface area contributed by atoms with Crippen molar-refractivity contribution in [1.29, 1.82) is 0 Å². The number of hydrogen-bond donors (Lipinski definition) is 0. The molecule has 2 rings (SSSR count). The van der Waals surface area contributed by atoms with Crippen molar-refractivity contribution in [3.63, 3.8) is 0 Å². The van der Waals surface area contributed by atoms with Crippen molar-refractivity contribution in [2.45, 2.75) is 20.4 Å². The maximum absolute atomic E-state index is 5.65. The first-order chi connectivity index (χ1) is 7.15. The molecular weight excluding hydrogens is 212 g/mol. The van der Waals surface area contributed by atoms with Gasteiger partial charge in [-0.15, -0.1) is 5.10 Å². The van der Waals surface area contributed by atoms with E-state index in [1.807, 2.05) is 30.7 Å². The number of nitrogens with zero attached hydrogens (tertiary/aromatic N) is 4. The number of aromatic nitrogens is 4. The van der Waals surface area contributed by atoms with Crippen LogP contribution in [0, 0.1) is 13.8 Å². The summed E-state index contributed by atoms with van der Waals surface area (Å²) >= 11 is 5.65. The van der Waals surface area contributed by atoms with Crippen LogP contribution >= 0.6 is 11.6 Å². The largest absolute Gasteiger partial charge is 0.264 e. The predicted molar refractivity (Wildman–Crippen MR) is 57.8 cm³/mol. The van der Waals surface area contributed by atoms with Gasteiger partial charge in [-0.2, -0.15) is 10.2 Å². The molecule has 5 heteroatoms. The Morgan fingerprint density at radius 3 is 2.60 bits per heavy atom. The summed E-state index contributed by atoms with van der Waals surface area (Å²) in [5.41, 5.74) is 2.98. The molecule has 2 aromatic heterocycles. The first kappa shape index (κ1) is 10.1. The molecular formula is C10H11ClN4. The number of halogens is 1. The Hall–Kier alpha value is -1.42. The lowest BCUT2D eigenvalue weighted by atomic mass is 10.3. The normalized spacial score (nSPS) is 10.6. The van der Waals surface area contributed by atoms with Gasteiger partial charge in [-0.3, -0.25) is 4.68 Å². The predicted octanol–water partition coefficient (Wildman–Crippen LogP) is 1.99. The highest BCUT2D eigenvalue weighted by molar-refractivity contribution is 6.29. The van der Waals surface area contributed by atoms with Crippen LogP contribution in [0.25, 0.3) is 0 Å². The minimum atomic E-state index is 0.409. The summed E-state index contributed by atoms with van der Waals surface area (Å²) in [7, 11) is 0. The highest BCUT2D eigenvalue weighted by Gasteiger charge is 2.03. The van der Waals surface area contributed by atoms with E-state index in [1.165, 1.54) is 0 Å². The Labute approximate surface area is 92.9 Å². The third kappa shape index (κ3) is 2.33. The Balaban J connectivity index is 2.21. The van der Waals surface area contributed by atoms with E-state index in [0.29, 0.717) is 11.7 Å². The molecule has 0 saturated carbocycles. The van der Waals surface area contributed by atoms with Crippen LogP contribution in [-0.2, 0) is 6.54 Å². The summed E-state index contributed by atoms with van der Waals surface area (Å²) in [5, 5.41) is 12.5. The van der Waals surface area contributed by atoms with Crippen molar-refractivity contribution >= 4 is 11.6 Å². The van der Waals surface area contributed by atoms with Crippen LogP contribution in [0.2, 0.25) is 5.15 Å². The molecule has 0 N–H and O–H groups in total. The van der Waals surface area contributed by atoms with Crippen molar-refractivity contribution in [2.75, 3.05) is 0 Å². The highest BCUT2D eigenvalue weighted by Crippen LogP contribution is 2.06. The molecule has 0 radical (unpaired) electrons. The van der Waals surface area contributed by atoms with Gasteiger partial charge in [-0.05, 0) is 32.0 Å². The molecule has 0 unspecified atom stereocenters. The molecule has 0 aliphatic heterocycles. The lowest BCUT2D eigenvalue weighted by Crippen LogP contribution is -2.06. The summed E-state index contributed by atoms with van der Waals surface area (Å²) in [6, 6.07) is 5.62. The molecule has 4 nitrogen and oxygen atoms in total. The van der Waals surface area contributed by atoms with Gasteiger partial charge in [-0.1, -0.05) is 11.6 Å². The lowest BCUT2D eigenvalue weighted by molar-refractivity contribution is 0.639. The molecule has 0 aliphatic carbocycles.